The van der Waals surface area contributed by atoms with E-state index in [2.05, 4.69) is 11.9 Å². The molecule has 21 heavy (non-hydrogen) atoms. The Morgan fingerprint density at radius 2 is 1.76 bits per heavy atom. The predicted octanol–water partition coefficient (Wildman–Crippen LogP) is 2.47. The normalized spacial score (nSPS) is 16.6. The van der Waals surface area contributed by atoms with Crippen molar-refractivity contribution in [3.05, 3.63) is 34.9 Å². The molecule has 0 N–H and O–H groups in total. The summed E-state index contributed by atoms with van der Waals surface area (Å²) in [6, 6.07) is 6.80. The molecule has 0 aromatic heterocycles. The lowest BCUT2D eigenvalue weighted by Gasteiger charge is -2.20. The molecule has 4 nitrogen and oxygen atoms in total. The molecule has 0 bridgehead atoms. The predicted molar refractivity (Wildman–Crippen MR) is 83.7 cm³/mol. The average Bonchev–Trinajstić information content (AvgIpc) is 2.70. The topological polar surface area (TPSA) is 40.6 Å². The Hall–Kier alpha value is -1.39. The largest absolute Gasteiger partial charge is 0.341 e. The van der Waals surface area contributed by atoms with Crippen molar-refractivity contribution in [3.63, 3.8) is 0 Å². The minimum absolute atomic E-state index is 0.00745. The van der Waals surface area contributed by atoms with Crippen LogP contribution in [0.2, 0.25) is 5.02 Å². The summed E-state index contributed by atoms with van der Waals surface area (Å²) in [5.41, 5.74) is 0.614. The Bertz CT molecular complexity index is 502. The third kappa shape index (κ3) is 4.83. The van der Waals surface area contributed by atoms with E-state index < -0.39 is 0 Å². The van der Waals surface area contributed by atoms with Crippen LogP contribution in [-0.2, 0) is 4.79 Å². The van der Waals surface area contributed by atoms with E-state index >= 15 is 0 Å². The first-order chi connectivity index (χ1) is 10.1. The van der Waals surface area contributed by atoms with Gasteiger partial charge in [-0.25, -0.2) is 0 Å². The maximum absolute atomic E-state index is 12.2. The van der Waals surface area contributed by atoms with Gasteiger partial charge in [-0.1, -0.05) is 11.6 Å². The first-order valence-electron chi connectivity index (χ1n) is 7.31. The summed E-state index contributed by atoms with van der Waals surface area (Å²) in [6.45, 7) is 3.47. The summed E-state index contributed by atoms with van der Waals surface area (Å²) in [5, 5.41) is 0.608. The molecule has 0 aliphatic carbocycles. The van der Waals surface area contributed by atoms with Crippen molar-refractivity contribution in [2.45, 2.75) is 19.3 Å². The van der Waals surface area contributed by atoms with Crippen molar-refractivity contribution in [2.75, 3.05) is 33.2 Å². The van der Waals surface area contributed by atoms with Gasteiger partial charge in [0.2, 0.25) is 5.91 Å². The first-order valence-corrected chi connectivity index (χ1v) is 7.69. The minimum Gasteiger partial charge on any atom is -0.341 e. The lowest BCUT2D eigenvalue weighted by Crippen LogP contribution is -2.34. The van der Waals surface area contributed by atoms with Crippen LogP contribution in [0.5, 0.6) is 0 Å². The molecule has 0 radical (unpaired) electrons. The molecule has 0 atom stereocenters. The van der Waals surface area contributed by atoms with Crippen LogP contribution < -0.4 is 0 Å². The van der Waals surface area contributed by atoms with E-state index in [9.17, 15) is 9.59 Å². The molecular formula is C16H21ClN2O2. The number of hydrogen-bond donors (Lipinski definition) is 0. The van der Waals surface area contributed by atoms with Gasteiger partial charge in [-0.3, -0.25) is 9.59 Å². The molecule has 1 heterocycles. The summed E-state index contributed by atoms with van der Waals surface area (Å²) >= 11 is 5.80. The van der Waals surface area contributed by atoms with Crippen LogP contribution in [0.15, 0.2) is 24.3 Å². The Morgan fingerprint density at radius 1 is 1.05 bits per heavy atom. The van der Waals surface area contributed by atoms with E-state index in [0.29, 0.717) is 10.6 Å². The minimum atomic E-state index is -0.00745. The van der Waals surface area contributed by atoms with E-state index in [1.165, 1.54) is 0 Å². The zero-order valence-corrected chi connectivity index (χ0v) is 13.1. The van der Waals surface area contributed by atoms with Gasteiger partial charge in [0.15, 0.2) is 5.78 Å². The summed E-state index contributed by atoms with van der Waals surface area (Å²) in [4.78, 5) is 28.3. The first kappa shape index (κ1) is 16.0. The van der Waals surface area contributed by atoms with Crippen LogP contribution in [-0.4, -0.2) is 54.7 Å². The number of rotatable bonds is 4. The molecule has 2 rings (SSSR count). The van der Waals surface area contributed by atoms with Gasteiger partial charge in [0, 0.05) is 43.1 Å². The number of carbonyl (C=O) groups is 2. The molecular weight excluding hydrogens is 288 g/mol. The van der Waals surface area contributed by atoms with Crippen LogP contribution in [0, 0.1) is 0 Å². The number of nitrogens with zero attached hydrogens (tertiary/aromatic N) is 2. The average molecular weight is 309 g/mol. The van der Waals surface area contributed by atoms with Crippen LogP contribution in [0.25, 0.3) is 0 Å². The number of carbonyl (C=O) groups excluding carboxylic acids is 2. The van der Waals surface area contributed by atoms with Crippen molar-refractivity contribution in [1.82, 2.24) is 9.80 Å². The van der Waals surface area contributed by atoms with Crippen molar-refractivity contribution >= 4 is 23.3 Å². The molecule has 1 aliphatic heterocycles. The molecule has 0 spiro atoms. The molecule has 5 heteroatoms. The van der Waals surface area contributed by atoms with Crippen molar-refractivity contribution in [2.24, 2.45) is 0 Å². The van der Waals surface area contributed by atoms with E-state index in [4.69, 9.17) is 11.6 Å². The Labute approximate surface area is 130 Å². The number of likely N-dealkylation sites (N-methyl/N-ethyl adjacent to an activating group) is 1. The molecule has 114 valence electrons. The fourth-order valence-corrected chi connectivity index (χ4v) is 2.58. The molecule has 1 aliphatic rings. The van der Waals surface area contributed by atoms with Crippen LogP contribution in [0.1, 0.15) is 29.6 Å². The molecule has 1 aromatic rings. The summed E-state index contributed by atoms with van der Waals surface area (Å²) in [7, 11) is 2.07. The quantitative estimate of drug-likeness (QED) is 0.802. The van der Waals surface area contributed by atoms with Gasteiger partial charge in [-0.05, 0) is 44.3 Å². The highest BCUT2D eigenvalue weighted by Gasteiger charge is 2.18. The zero-order valence-electron chi connectivity index (χ0n) is 12.3. The second-order valence-electron chi connectivity index (χ2n) is 5.47. The fourth-order valence-electron chi connectivity index (χ4n) is 2.45. The van der Waals surface area contributed by atoms with Crippen molar-refractivity contribution in [3.8, 4) is 0 Å². The van der Waals surface area contributed by atoms with Gasteiger partial charge in [0.05, 0.1) is 0 Å². The third-order valence-corrected chi connectivity index (χ3v) is 4.06. The lowest BCUT2D eigenvalue weighted by atomic mass is 10.1. The number of hydrogen-bond acceptors (Lipinski definition) is 3. The van der Waals surface area contributed by atoms with E-state index in [1.54, 1.807) is 24.3 Å². The molecule has 1 saturated heterocycles. The highest BCUT2D eigenvalue weighted by atomic mass is 35.5. The summed E-state index contributed by atoms with van der Waals surface area (Å²) in [6.07, 6.45) is 1.53. The zero-order chi connectivity index (χ0) is 15.2. The van der Waals surface area contributed by atoms with Crippen LogP contribution >= 0.6 is 11.6 Å². The second-order valence-corrected chi connectivity index (χ2v) is 5.90. The van der Waals surface area contributed by atoms with Crippen molar-refractivity contribution < 1.29 is 9.59 Å². The molecule has 1 aromatic carbocycles. The number of amides is 1. The summed E-state index contributed by atoms with van der Waals surface area (Å²) < 4.78 is 0. The number of benzene rings is 1. The highest BCUT2D eigenvalue weighted by Crippen LogP contribution is 2.13. The smallest absolute Gasteiger partial charge is 0.223 e. The van der Waals surface area contributed by atoms with Gasteiger partial charge >= 0.3 is 0 Å². The second kappa shape index (κ2) is 7.57. The Kier molecular flexibility index (Phi) is 5.76. The fraction of sp³-hybridized carbons (Fsp3) is 0.500. The molecule has 0 unspecified atom stereocenters. The monoisotopic (exact) mass is 308 g/mol. The van der Waals surface area contributed by atoms with Gasteiger partial charge in [0.25, 0.3) is 0 Å². The molecule has 0 saturated carbocycles. The van der Waals surface area contributed by atoms with Gasteiger partial charge in [-0.2, -0.15) is 0 Å². The Morgan fingerprint density at radius 3 is 2.48 bits per heavy atom. The SMILES string of the molecule is CN1CCCN(C(=O)CCC(=O)c2ccc(Cl)cc2)CC1. The standard InChI is InChI=1S/C16H21ClN2O2/c1-18-9-2-10-19(12-11-18)16(21)8-7-15(20)13-3-5-14(17)6-4-13/h3-6H,2,7-12H2,1H3. The maximum atomic E-state index is 12.2. The number of Topliss-reactive ketones (excluding diaryl/α,β-unsaturated/α-hetero) is 1. The summed E-state index contributed by atoms with van der Waals surface area (Å²) in [5.74, 6) is 0.0690. The number of halogens is 1. The number of ketones is 1. The third-order valence-electron chi connectivity index (χ3n) is 3.80. The van der Waals surface area contributed by atoms with Gasteiger partial charge in [-0.15, -0.1) is 0 Å². The molecule has 1 amide bonds. The van der Waals surface area contributed by atoms with Crippen LogP contribution in [0.3, 0.4) is 0 Å². The van der Waals surface area contributed by atoms with Gasteiger partial charge < -0.3 is 9.80 Å². The Balaban J connectivity index is 1.83. The van der Waals surface area contributed by atoms with Crippen molar-refractivity contribution in [1.29, 1.82) is 0 Å². The van der Waals surface area contributed by atoms with Gasteiger partial charge in [0.1, 0.15) is 0 Å². The van der Waals surface area contributed by atoms with Crippen LogP contribution in [0.4, 0.5) is 0 Å². The molecule has 1 fully saturated rings. The highest BCUT2D eigenvalue weighted by molar-refractivity contribution is 6.30. The van der Waals surface area contributed by atoms with E-state index in [1.807, 2.05) is 4.90 Å². The maximum Gasteiger partial charge on any atom is 0.223 e. The lowest BCUT2D eigenvalue weighted by molar-refractivity contribution is -0.131. The van der Waals surface area contributed by atoms with E-state index in [0.717, 1.165) is 32.6 Å². The van der Waals surface area contributed by atoms with E-state index in [-0.39, 0.29) is 24.5 Å².